The van der Waals surface area contributed by atoms with Gasteiger partial charge in [-0.15, -0.1) is 11.3 Å². The summed E-state index contributed by atoms with van der Waals surface area (Å²) >= 11 is 7.01. The summed E-state index contributed by atoms with van der Waals surface area (Å²) in [6, 6.07) is 7.53. The van der Waals surface area contributed by atoms with Gasteiger partial charge in [0, 0.05) is 16.2 Å². The number of thioether (sulfide) groups is 1. The smallest absolute Gasteiger partial charge is 0.203 e. The fourth-order valence-corrected chi connectivity index (χ4v) is 5.08. The average molecular weight is 369 g/mol. The van der Waals surface area contributed by atoms with E-state index in [-0.39, 0.29) is 5.78 Å². The van der Waals surface area contributed by atoms with Gasteiger partial charge in [-0.25, -0.2) is 0 Å². The third-order valence-electron chi connectivity index (χ3n) is 3.27. The van der Waals surface area contributed by atoms with Crippen molar-refractivity contribution in [3.8, 4) is 5.75 Å². The first-order chi connectivity index (χ1) is 9.69. The molecule has 0 N–H and O–H groups in total. The van der Waals surface area contributed by atoms with Gasteiger partial charge in [0.15, 0.2) is 0 Å². The molecule has 5 heteroatoms. The predicted molar refractivity (Wildman–Crippen MR) is 88.3 cm³/mol. The molecule has 0 saturated heterocycles. The fourth-order valence-electron chi connectivity index (χ4n) is 2.21. The Bertz CT molecular complexity index is 640. The van der Waals surface area contributed by atoms with Crippen LogP contribution in [0.15, 0.2) is 28.7 Å². The fraction of sp³-hybridized carbons (Fsp3) is 0.267. The Morgan fingerprint density at radius 3 is 2.90 bits per heavy atom. The van der Waals surface area contributed by atoms with Crippen molar-refractivity contribution >= 4 is 44.8 Å². The van der Waals surface area contributed by atoms with E-state index in [0.29, 0.717) is 5.56 Å². The largest absolute Gasteiger partial charge is 0.496 e. The molecule has 1 aromatic carbocycles. The van der Waals surface area contributed by atoms with Crippen molar-refractivity contribution in [3.05, 3.63) is 49.6 Å². The van der Waals surface area contributed by atoms with Crippen LogP contribution in [-0.4, -0.2) is 18.6 Å². The molecule has 0 spiro atoms. The Morgan fingerprint density at radius 1 is 1.35 bits per heavy atom. The molecular formula is C15H13BrO2S2. The van der Waals surface area contributed by atoms with Crippen LogP contribution in [0.1, 0.15) is 25.7 Å². The SMILES string of the molecule is COc1ccc(C(=O)c2cc3c(s2)CCSC3)cc1Br. The van der Waals surface area contributed by atoms with E-state index in [2.05, 4.69) is 22.0 Å². The second-order valence-corrected chi connectivity index (χ2v) is 7.64. The van der Waals surface area contributed by atoms with Crippen molar-refractivity contribution in [3.63, 3.8) is 0 Å². The van der Waals surface area contributed by atoms with E-state index >= 15 is 0 Å². The lowest BCUT2D eigenvalue weighted by Crippen LogP contribution is -1.99. The molecule has 1 aliphatic rings. The number of fused-ring (bicyclic) bond motifs is 1. The number of benzene rings is 1. The highest BCUT2D eigenvalue weighted by Gasteiger charge is 2.19. The number of halogens is 1. The predicted octanol–water partition coefficient (Wildman–Crippen LogP) is 4.54. The quantitative estimate of drug-likeness (QED) is 0.743. The first-order valence-corrected chi connectivity index (χ1v) is 9.03. The van der Waals surface area contributed by atoms with Crippen molar-refractivity contribution in [2.75, 3.05) is 12.9 Å². The van der Waals surface area contributed by atoms with Gasteiger partial charge in [-0.3, -0.25) is 4.79 Å². The Morgan fingerprint density at radius 2 is 2.20 bits per heavy atom. The highest BCUT2D eigenvalue weighted by Crippen LogP contribution is 2.33. The standard InChI is InChI=1S/C15H13BrO2S2/c1-18-12-3-2-9(6-11(12)16)15(17)14-7-10-8-19-5-4-13(10)20-14/h2-3,6-7H,4-5,8H2,1H3. The van der Waals surface area contributed by atoms with Crippen LogP contribution < -0.4 is 4.74 Å². The van der Waals surface area contributed by atoms with Crippen molar-refractivity contribution in [1.29, 1.82) is 0 Å². The zero-order chi connectivity index (χ0) is 14.1. The molecule has 0 aliphatic carbocycles. The van der Waals surface area contributed by atoms with E-state index in [1.165, 1.54) is 10.4 Å². The number of carbonyl (C=O) groups is 1. The van der Waals surface area contributed by atoms with Gasteiger partial charge in [0.1, 0.15) is 5.75 Å². The van der Waals surface area contributed by atoms with Gasteiger partial charge in [-0.05, 0) is 57.9 Å². The minimum absolute atomic E-state index is 0.0951. The van der Waals surface area contributed by atoms with E-state index in [0.717, 1.165) is 33.0 Å². The summed E-state index contributed by atoms with van der Waals surface area (Å²) in [5, 5.41) is 0. The average Bonchev–Trinajstić information content (AvgIpc) is 2.90. The van der Waals surface area contributed by atoms with Crippen molar-refractivity contribution in [2.24, 2.45) is 0 Å². The van der Waals surface area contributed by atoms with Gasteiger partial charge >= 0.3 is 0 Å². The van der Waals surface area contributed by atoms with E-state index in [1.807, 2.05) is 30.0 Å². The minimum atomic E-state index is 0.0951. The van der Waals surface area contributed by atoms with Gasteiger partial charge in [0.25, 0.3) is 0 Å². The number of ketones is 1. The molecule has 0 saturated carbocycles. The van der Waals surface area contributed by atoms with Crippen LogP contribution in [0.5, 0.6) is 5.75 Å². The first-order valence-electron chi connectivity index (χ1n) is 6.26. The molecule has 20 heavy (non-hydrogen) atoms. The Labute approximate surface area is 134 Å². The number of rotatable bonds is 3. The normalized spacial score (nSPS) is 13.9. The molecule has 0 fully saturated rings. The van der Waals surface area contributed by atoms with Crippen LogP contribution in [0.25, 0.3) is 0 Å². The van der Waals surface area contributed by atoms with Crippen LogP contribution in [0.4, 0.5) is 0 Å². The molecule has 0 unspecified atom stereocenters. The Hall–Kier alpha value is -0.780. The molecule has 2 heterocycles. The highest BCUT2D eigenvalue weighted by atomic mass is 79.9. The summed E-state index contributed by atoms with van der Waals surface area (Å²) in [5.41, 5.74) is 2.03. The topological polar surface area (TPSA) is 26.3 Å². The van der Waals surface area contributed by atoms with Crippen LogP contribution in [0.2, 0.25) is 0 Å². The molecule has 0 atom stereocenters. The number of carbonyl (C=O) groups excluding carboxylic acids is 1. The second-order valence-electron chi connectivity index (χ2n) is 4.54. The number of hydrogen-bond donors (Lipinski definition) is 0. The van der Waals surface area contributed by atoms with E-state index in [4.69, 9.17) is 4.74 Å². The van der Waals surface area contributed by atoms with Crippen LogP contribution in [0, 0.1) is 0 Å². The molecule has 0 radical (unpaired) electrons. The second kappa shape index (κ2) is 5.92. The third kappa shape index (κ3) is 2.67. The minimum Gasteiger partial charge on any atom is -0.496 e. The van der Waals surface area contributed by atoms with Gasteiger partial charge in [-0.2, -0.15) is 11.8 Å². The van der Waals surface area contributed by atoms with E-state index < -0.39 is 0 Å². The van der Waals surface area contributed by atoms with Crippen LogP contribution >= 0.6 is 39.0 Å². The molecular weight excluding hydrogens is 356 g/mol. The highest BCUT2D eigenvalue weighted by molar-refractivity contribution is 9.10. The van der Waals surface area contributed by atoms with Gasteiger partial charge < -0.3 is 4.74 Å². The van der Waals surface area contributed by atoms with Crippen LogP contribution in [-0.2, 0) is 12.2 Å². The molecule has 1 aromatic heterocycles. The first kappa shape index (κ1) is 14.2. The molecule has 104 valence electrons. The van der Waals surface area contributed by atoms with Crippen molar-refractivity contribution in [2.45, 2.75) is 12.2 Å². The number of hydrogen-bond acceptors (Lipinski definition) is 4. The maximum absolute atomic E-state index is 12.6. The van der Waals surface area contributed by atoms with Gasteiger partial charge in [0.2, 0.25) is 5.78 Å². The van der Waals surface area contributed by atoms with Crippen molar-refractivity contribution in [1.82, 2.24) is 0 Å². The lowest BCUT2D eigenvalue weighted by Gasteiger charge is -2.08. The molecule has 0 bridgehead atoms. The monoisotopic (exact) mass is 368 g/mol. The maximum atomic E-state index is 12.6. The van der Waals surface area contributed by atoms with Gasteiger partial charge in [0.05, 0.1) is 16.5 Å². The van der Waals surface area contributed by atoms with E-state index in [1.54, 1.807) is 18.4 Å². The van der Waals surface area contributed by atoms with Gasteiger partial charge in [-0.1, -0.05) is 0 Å². The zero-order valence-corrected chi connectivity index (χ0v) is 14.2. The van der Waals surface area contributed by atoms with Crippen LogP contribution in [0.3, 0.4) is 0 Å². The maximum Gasteiger partial charge on any atom is 0.203 e. The lowest BCUT2D eigenvalue weighted by molar-refractivity contribution is 0.104. The van der Waals surface area contributed by atoms with Crippen molar-refractivity contribution < 1.29 is 9.53 Å². The summed E-state index contributed by atoms with van der Waals surface area (Å²) < 4.78 is 6.00. The summed E-state index contributed by atoms with van der Waals surface area (Å²) in [6.07, 6.45) is 1.09. The molecule has 1 aliphatic heterocycles. The number of aryl methyl sites for hydroxylation is 1. The molecule has 3 rings (SSSR count). The zero-order valence-electron chi connectivity index (χ0n) is 10.9. The lowest BCUT2D eigenvalue weighted by atomic mass is 10.1. The summed E-state index contributed by atoms with van der Waals surface area (Å²) in [5.74, 6) is 3.03. The summed E-state index contributed by atoms with van der Waals surface area (Å²) in [7, 11) is 1.62. The Kier molecular flexibility index (Phi) is 4.19. The third-order valence-corrected chi connectivity index (χ3v) is 6.13. The number of ether oxygens (including phenoxy) is 1. The Balaban J connectivity index is 1.92. The number of methoxy groups -OCH3 is 1. The van der Waals surface area contributed by atoms with E-state index in [9.17, 15) is 4.79 Å². The number of thiophene rings is 1. The molecule has 0 amide bonds. The summed E-state index contributed by atoms with van der Waals surface area (Å²) in [6.45, 7) is 0. The molecule has 2 nitrogen and oxygen atoms in total. The molecule has 2 aromatic rings. The summed E-state index contributed by atoms with van der Waals surface area (Å²) in [4.78, 5) is 14.8.